The number of hydrogen-bond donors (Lipinski definition) is 2. The average molecular weight is 362 g/mol. The molecule has 1 aromatic rings. The van der Waals surface area contributed by atoms with Crippen LogP contribution in [0.25, 0.3) is 0 Å². The van der Waals surface area contributed by atoms with Gasteiger partial charge in [-0.15, -0.1) is 0 Å². The third-order valence-electron chi connectivity index (χ3n) is 3.62. The van der Waals surface area contributed by atoms with Gasteiger partial charge in [0.05, 0.1) is 5.69 Å². The van der Waals surface area contributed by atoms with Crippen LogP contribution < -0.4 is 10.5 Å². The zero-order chi connectivity index (χ0) is 14.8. The van der Waals surface area contributed by atoms with Gasteiger partial charge in [0.25, 0.3) is 0 Å². The van der Waals surface area contributed by atoms with Crippen LogP contribution in [0.15, 0.2) is 27.6 Å². The monoisotopic (exact) mass is 361 g/mol. The van der Waals surface area contributed by atoms with Crippen molar-refractivity contribution in [1.82, 2.24) is 9.62 Å². The number of nitrogens with one attached hydrogen (secondary N) is 1. The molecule has 1 aliphatic heterocycles. The third kappa shape index (κ3) is 3.72. The fraction of sp³-hybridized carbons (Fsp3) is 0.538. The van der Waals surface area contributed by atoms with Crippen molar-refractivity contribution in [2.75, 3.05) is 25.4 Å². The van der Waals surface area contributed by atoms with E-state index in [0.717, 1.165) is 36.9 Å². The molecule has 0 saturated carbocycles. The molecule has 1 heterocycles. The number of benzene rings is 1. The quantitative estimate of drug-likeness (QED) is 0.801. The van der Waals surface area contributed by atoms with E-state index < -0.39 is 10.0 Å². The first-order chi connectivity index (χ1) is 9.42. The maximum Gasteiger partial charge on any atom is 0.242 e. The third-order valence-corrected chi connectivity index (χ3v) is 5.71. The summed E-state index contributed by atoms with van der Waals surface area (Å²) < 4.78 is 28.3. The SMILES string of the molecule is CCN1CCC(NS(=O)(=O)c2ccc(Br)cc2N)CC1. The minimum absolute atomic E-state index is 0.00848. The molecule has 1 saturated heterocycles. The minimum atomic E-state index is -3.55. The zero-order valence-electron chi connectivity index (χ0n) is 11.5. The zero-order valence-corrected chi connectivity index (χ0v) is 13.9. The summed E-state index contributed by atoms with van der Waals surface area (Å²) in [6.45, 7) is 4.99. The van der Waals surface area contributed by atoms with Crippen LogP contribution in [0.5, 0.6) is 0 Å². The van der Waals surface area contributed by atoms with E-state index in [1.54, 1.807) is 12.1 Å². The molecule has 0 unspecified atom stereocenters. The lowest BCUT2D eigenvalue weighted by Crippen LogP contribution is -2.44. The molecular formula is C13H20BrN3O2S. The average Bonchev–Trinajstić information content (AvgIpc) is 2.38. The number of nitrogens with zero attached hydrogens (tertiary/aromatic N) is 1. The maximum absolute atomic E-state index is 12.4. The van der Waals surface area contributed by atoms with Crippen LogP contribution in [0, 0.1) is 0 Å². The fourth-order valence-corrected chi connectivity index (χ4v) is 4.21. The van der Waals surface area contributed by atoms with Crippen LogP contribution in [-0.2, 0) is 10.0 Å². The molecule has 5 nitrogen and oxygen atoms in total. The van der Waals surface area contributed by atoms with Gasteiger partial charge in [0.15, 0.2) is 0 Å². The molecule has 112 valence electrons. The largest absolute Gasteiger partial charge is 0.398 e. The number of nitrogen functional groups attached to an aromatic ring is 1. The summed E-state index contributed by atoms with van der Waals surface area (Å²) in [4.78, 5) is 2.47. The van der Waals surface area contributed by atoms with Gasteiger partial charge in [0.1, 0.15) is 4.90 Å². The van der Waals surface area contributed by atoms with Gasteiger partial charge in [-0.3, -0.25) is 0 Å². The van der Waals surface area contributed by atoms with Gasteiger partial charge in [-0.25, -0.2) is 13.1 Å². The Hall–Kier alpha value is -0.630. The first-order valence-corrected chi connectivity index (χ1v) is 8.99. The number of hydrogen-bond acceptors (Lipinski definition) is 4. The van der Waals surface area contributed by atoms with E-state index in [4.69, 9.17) is 5.73 Å². The lowest BCUT2D eigenvalue weighted by Gasteiger charge is -2.31. The predicted octanol–water partition coefficient (Wildman–Crippen LogP) is 1.79. The van der Waals surface area contributed by atoms with E-state index in [2.05, 4.69) is 32.5 Å². The summed E-state index contributed by atoms with van der Waals surface area (Å²) in [6, 6.07) is 4.81. The number of anilines is 1. The Labute approximate surface area is 128 Å². The summed E-state index contributed by atoms with van der Waals surface area (Å²) in [6.07, 6.45) is 1.67. The molecule has 3 N–H and O–H groups in total. The van der Waals surface area contributed by atoms with Gasteiger partial charge >= 0.3 is 0 Å². The molecular weight excluding hydrogens is 342 g/mol. The minimum Gasteiger partial charge on any atom is -0.398 e. The number of likely N-dealkylation sites (tertiary alicyclic amines) is 1. The van der Waals surface area contributed by atoms with Gasteiger partial charge in [-0.05, 0) is 50.7 Å². The molecule has 0 radical (unpaired) electrons. The summed E-state index contributed by atoms with van der Waals surface area (Å²) in [7, 11) is -3.55. The van der Waals surface area contributed by atoms with Crippen LogP contribution in [0.1, 0.15) is 19.8 Å². The standard InChI is InChI=1S/C13H20BrN3O2S/c1-2-17-7-5-11(6-8-17)16-20(18,19)13-4-3-10(14)9-12(13)15/h3-4,9,11,16H,2,5-8,15H2,1H3. The number of halogens is 1. The Kier molecular flexibility index (Phi) is 5.06. The predicted molar refractivity (Wildman–Crippen MR) is 84.0 cm³/mol. The molecule has 7 heteroatoms. The van der Waals surface area contributed by atoms with E-state index in [-0.39, 0.29) is 16.6 Å². The highest BCUT2D eigenvalue weighted by molar-refractivity contribution is 9.10. The van der Waals surface area contributed by atoms with E-state index in [1.165, 1.54) is 6.07 Å². The molecule has 1 fully saturated rings. The lowest BCUT2D eigenvalue weighted by molar-refractivity contribution is 0.217. The van der Waals surface area contributed by atoms with Crippen LogP contribution in [0.3, 0.4) is 0 Å². The van der Waals surface area contributed by atoms with Gasteiger partial charge in [-0.1, -0.05) is 22.9 Å². The summed E-state index contributed by atoms with van der Waals surface area (Å²) in [5.41, 5.74) is 6.06. The fourth-order valence-electron chi connectivity index (χ4n) is 2.41. The van der Waals surface area contributed by atoms with Crippen molar-refractivity contribution in [1.29, 1.82) is 0 Å². The second-order valence-corrected chi connectivity index (χ2v) is 7.61. The molecule has 2 rings (SSSR count). The summed E-state index contributed by atoms with van der Waals surface area (Å²) in [5.74, 6) is 0. The second-order valence-electron chi connectivity index (χ2n) is 5.01. The van der Waals surface area contributed by atoms with Crippen LogP contribution in [0.4, 0.5) is 5.69 Å². The smallest absolute Gasteiger partial charge is 0.242 e. The molecule has 1 aromatic carbocycles. The van der Waals surface area contributed by atoms with E-state index >= 15 is 0 Å². The highest BCUT2D eigenvalue weighted by Crippen LogP contribution is 2.23. The lowest BCUT2D eigenvalue weighted by atomic mass is 10.1. The van der Waals surface area contributed by atoms with E-state index in [1.807, 2.05) is 0 Å². The normalized spacial score (nSPS) is 18.3. The van der Waals surface area contributed by atoms with Gasteiger partial charge in [0, 0.05) is 10.5 Å². The topological polar surface area (TPSA) is 75.4 Å². The molecule has 0 aromatic heterocycles. The van der Waals surface area contributed by atoms with Gasteiger partial charge < -0.3 is 10.6 Å². The molecule has 20 heavy (non-hydrogen) atoms. The highest BCUT2D eigenvalue weighted by Gasteiger charge is 2.25. The second kappa shape index (κ2) is 6.43. The van der Waals surface area contributed by atoms with Crippen molar-refractivity contribution in [3.8, 4) is 0 Å². The van der Waals surface area contributed by atoms with Crippen LogP contribution >= 0.6 is 15.9 Å². The van der Waals surface area contributed by atoms with Crippen molar-refractivity contribution < 1.29 is 8.42 Å². The Morgan fingerprint density at radius 3 is 2.60 bits per heavy atom. The van der Waals surface area contributed by atoms with Crippen LogP contribution in [0.2, 0.25) is 0 Å². The number of sulfonamides is 1. The Balaban J connectivity index is 2.08. The van der Waals surface area contributed by atoms with Crippen molar-refractivity contribution in [2.45, 2.75) is 30.7 Å². The molecule has 0 spiro atoms. The molecule has 0 amide bonds. The first kappa shape index (κ1) is 15.8. The molecule has 0 aliphatic carbocycles. The number of nitrogens with two attached hydrogens (primary N) is 1. The van der Waals surface area contributed by atoms with Crippen molar-refractivity contribution >= 4 is 31.6 Å². The van der Waals surface area contributed by atoms with E-state index in [0.29, 0.717) is 0 Å². The van der Waals surface area contributed by atoms with Crippen LogP contribution in [-0.4, -0.2) is 39.0 Å². The molecule has 0 atom stereocenters. The Morgan fingerprint density at radius 2 is 2.05 bits per heavy atom. The summed E-state index contributed by atoms with van der Waals surface area (Å²) >= 11 is 3.28. The van der Waals surface area contributed by atoms with Crippen molar-refractivity contribution in [2.24, 2.45) is 0 Å². The first-order valence-electron chi connectivity index (χ1n) is 6.72. The maximum atomic E-state index is 12.4. The van der Waals surface area contributed by atoms with Gasteiger partial charge in [-0.2, -0.15) is 0 Å². The van der Waals surface area contributed by atoms with Gasteiger partial charge in [0.2, 0.25) is 10.0 Å². The number of rotatable bonds is 4. The van der Waals surface area contributed by atoms with E-state index in [9.17, 15) is 8.42 Å². The summed E-state index contributed by atoms with van der Waals surface area (Å²) in [5, 5.41) is 0. The highest BCUT2D eigenvalue weighted by atomic mass is 79.9. The van der Waals surface area contributed by atoms with Crippen molar-refractivity contribution in [3.05, 3.63) is 22.7 Å². The number of piperidine rings is 1. The van der Waals surface area contributed by atoms with Crippen molar-refractivity contribution in [3.63, 3.8) is 0 Å². The molecule has 0 bridgehead atoms. The Bertz CT molecular complexity index is 569. The molecule has 1 aliphatic rings. The Morgan fingerprint density at radius 1 is 1.40 bits per heavy atom.